The molecule has 0 atom stereocenters. The van der Waals surface area contributed by atoms with Crippen molar-refractivity contribution in [3.63, 3.8) is 0 Å². The van der Waals surface area contributed by atoms with E-state index in [9.17, 15) is 4.79 Å². The number of nitrogens with one attached hydrogen (secondary N) is 2. The van der Waals surface area contributed by atoms with Gasteiger partial charge in [0.25, 0.3) is 5.91 Å². The number of anilines is 1. The predicted octanol–water partition coefficient (Wildman–Crippen LogP) is 2.54. The van der Waals surface area contributed by atoms with E-state index < -0.39 is 0 Å². The molecule has 2 rings (SSSR count). The Morgan fingerprint density at radius 3 is 2.58 bits per heavy atom. The van der Waals surface area contributed by atoms with Gasteiger partial charge >= 0.3 is 0 Å². The number of hydrogen-bond acceptors (Lipinski definition) is 3. The summed E-state index contributed by atoms with van der Waals surface area (Å²) in [6, 6.07) is 11.4. The summed E-state index contributed by atoms with van der Waals surface area (Å²) in [4.78, 5) is 15.8. The van der Waals surface area contributed by atoms with Gasteiger partial charge in [-0.25, -0.2) is 4.98 Å². The molecule has 0 radical (unpaired) electrons. The van der Waals surface area contributed by atoms with Gasteiger partial charge in [0, 0.05) is 30.9 Å². The average molecular weight is 255 g/mol. The average Bonchev–Trinajstić information content (AvgIpc) is 2.47. The van der Waals surface area contributed by atoms with E-state index in [-0.39, 0.29) is 5.91 Å². The molecule has 1 aromatic carbocycles. The first kappa shape index (κ1) is 13.1. The number of aromatic nitrogens is 1. The summed E-state index contributed by atoms with van der Waals surface area (Å²) in [5.41, 5.74) is 2.73. The van der Waals surface area contributed by atoms with E-state index in [1.54, 1.807) is 13.2 Å². The number of carbonyl (C=O) groups is 1. The van der Waals surface area contributed by atoms with Gasteiger partial charge in [0.1, 0.15) is 5.82 Å². The molecule has 2 N–H and O–H groups in total. The van der Waals surface area contributed by atoms with Crippen molar-refractivity contribution in [2.24, 2.45) is 0 Å². The highest BCUT2D eigenvalue weighted by molar-refractivity contribution is 5.94. The number of hydrogen-bond donors (Lipinski definition) is 2. The summed E-state index contributed by atoms with van der Waals surface area (Å²) in [5.74, 6) is 0.780. The minimum absolute atomic E-state index is 0.0790. The summed E-state index contributed by atoms with van der Waals surface area (Å²) in [6.45, 7) is 2.85. The zero-order valence-corrected chi connectivity index (χ0v) is 11.1. The van der Waals surface area contributed by atoms with Gasteiger partial charge in [-0.2, -0.15) is 0 Å². The zero-order chi connectivity index (χ0) is 13.7. The van der Waals surface area contributed by atoms with Crippen LogP contribution in [0.15, 0.2) is 42.6 Å². The number of benzene rings is 1. The second kappa shape index (κ2) is 6.00. The Hall–Kier alpha value is -2.36. The molecule has 0 spiro atoms. The smallest absolute Gasteiger partial charge is 0.251 e. The van der Waals surface area contributed by atoms with Crippen LogP contribution in [0, 0.1) is 0 Å². The molecule has 0 unspecified atom stereocenters. The third kappa shape index (κ3) is 2.91. The SMILES string of the molecule is CCNc1ncccc1-c1ccc(C(=O)NC)cc1. The van der Waals surface area contributed by atoms with Crippen LogP contribution in [0.3, 0.4) is 0 Å². The van der Waals surface area contributed by atoms with Gasteiger partial charge in [-0.3, -0.25) is 4.79 Å². The van der Waals surface area contributed by atoms with Gasteiger partial charge in [-0.15, -0.1) is 0 Å². The molecule has 0 fully saturated rings. The van der Waals surface area contributed by atoms with Crippen molar-refractivity contribution in [1.29, 1.82) is 0 Å². The third-order valence-corrected chi connectivity index (χ3v) is 2.84. The first-order valence-corrected chi connectivity index (χ1v) is 6.27. The summed E-state index contributed by atoms with van der Waals surface area (Å²) in [7, 11) is 1.63. The number of pyridine rings is 1. The van der Waals surface area contributed by atoms with Crippen LogP contribution in [0.5, 0.6) is 0 Å². The highest BCUT2D eigenvalue weighted by atomic mass is 16.1. The van der Waals surface area contributed by atoms with E-state index >= 15 is 0 Å². The van der Waals surface area contributed by atoms with Crippen LogP contribution in [0.25, 0.3) is 11.1 Å². The van der Waals surface area contributed by atoms with Crippen LogP contribution in [0.1, 0.15) is 17.3 Å². The van der Waals surface area contributed by atoms with Crippen molar-refractivity contribution in [3.8, 4) is 11.1 Å². The highest BCUT2D eigenvalue weighted by Gasteiger charge is 2.07. The molecule has 0 saturated heterocycles. The maximum atomic E-state index is 11.5. The van der Waals surface area contributed by atoms with Gasteiger partial charge in [0.05, 0.1) is 0 Å². The molecule has 0 aliphatic rings. The Bertz CT molecular complexity index is 564. The van der Waals surface area contributed by atoms with Crippen LogP contribution < -0.4 is 10.6 Å². The number of carbonyl (C=O) groups excluding carboxylic acids is 1. The molecule has 19 heavy (non-hydrogen) atoms. The van der Waals surface area contributed by atoms with Crippen LogP contribution in [-0.4, -0.2) is 24.5 Å². The molecule has 1 amide bonds. The van der Waals surface area contributed by atoms with E-state index in [0.29, 0.717) is 5.56 Å². The molecule has 0 aliphatic heterocycles. The molecule has 1 heterocycles. The Morgan fingerprint density at radius 2 is 1.95 bits per heavy atom. The topological polar surface area (TPSA) is 54.0 Å². The van der Waals surface area contributed by atoms with E-state index in [2.05, 4.69) is 15.6 Å². The lowest BCUT2D eigenvalue weighted by atomic mass is 10.0. The molecular formula is C15H17N3O. The van der Waals surface area contributed by atoms with Crippen molar-refractivity contribution in [3.05, 3.63) is 48.2 Å². The summed E-state index contributed by atoms with van der Waals surface area (Å²) >= 11 is 0. The fourth-order valence-electron chi connectivity index (χ4n) is 1.89. The Labute approximate surface area is 112 Å². The van der Waals surface area contributed by atoms with E-state index in [4.69, 9.17) is 0 Å². The lowest BCUT2D eigenvalue weighted by molar-refractivity contribution is 0.0963. The lowest BCUT2D eigenvalue weighted by Crippen LogP contribution is -2.17. The van der Waals surface area contributed by atoms with Crippen LogP contribution in [0.2, 0.25) is 0 Å². The highest BCUT2D eigenvalue weighted by Crippen LogP contribution is 2.25. The molecular weight excluding hydrogens is 238 g/mol. The van der Waals surface area contributed by atoms with Gasteiger partial charge < -0.3 is 10.6 Å². The Morgan fingerprint density at radius 1 is 1.21 bits per heavy atom. The summed E-state index contributed by atoms with van der Waals surface area (Å²) in [6.07, 6.45) is 1.76. The molecule has 0 aliphatic carbocycles. The maximum Gasteiger partial charge on any atom is 0.251 e. The van der Waals surface area contributed by atoms with Crippen LogP contribution >= 0.6 is 0 Å². The second-order valence-corrected chi connectivity index (χ2v) is 4.09. The summed E-state index contributed by atoms with van der Waals surface area (Å²) < 4.78 is 0. The number of nitrogens with zero attached hydrogens (tertiary/aromatic N) is 1. The fourth-order valence-corrected chi connectivity index (χ4v) is 1.89. The maximum absolute atomic E-state index is 11.5. The normalized spacial score (nSPS) is 10.0. The quantitative estimate of drug-likeness (QED) is 0.882. The van der Waals surface area contributed by atoms with Crippen molar-refractivity contribution >= 4 is 11.7 Å². The van der Waals surface area contributed by atoms with Gasteiger partial charge in [-0.1, -0.05) is 12.1 Å². The predicted molar refractivity (Wildman–Crippen MR) is 77.2 cm³/mol. The minimum atomic E-state index is -0.0790. The standard InChI is InChI=1S/C15H17N3O/c1-3-17-14-13(5-4-10-18-14)11-6-8-12(9-7-11)15(19)16-2/h4-10H,3H2,1-2H3,(H,16,19)(H,17,18). The Balaban J connectivity index is 2.34. The Kier molecular flexibility index (Phi) is 4.13. The fraction of sp³-hybridized carbons (Fsp3) is 0.200. The van der Waals surface area contributed by atoms with Gasteiger partial charge in [0.2, 0.25) is 0 Å². The molecule has 4 heteroatoms. The molecule has 2 aromatic rings. The third-order valence-electron chi connectivity index (χ3n) is 2.84. The molecule has 0 saturated carbocycles. The number of rotatable bonds is 4. The molecule has 0 bridgehead atoms. The van der Waals surface area contributed by atoms with E-state index in [1.807, 2.05) is 43.3 Å². The molecule has 4 nitrogen and oxygen atoms in total. The van der Waals surface area contributed by atoms with Gasteiger partial charge in [-0.05, 0) is 36.8 Å². The molecule has 1 aromatic heterocycles. The van der Waals surface area contributed by atoms with Crippen molar-refractivity contribution in [2.75, 3.05) is 18.9 Å². The largest absolute Gasteiger partial charge is 0.370 e. The van der Waals surface area contributed by atoms with Crippen LogP contribution in [0.4, 0.5) is 5.82 Å². The number of amides is 1. The van der Waals surface area contributed by atoms with Crippen molar-refractivity contribution in [1.82, 2.24) is 10.3 Å². The van der Waals surface area contributed by atoms with E-state index in [0.717, 1.165) is 23.5 Å². The first-order chi connectivity index (χ1) is 9.26. The summed E-state index contributed by atoms with van der Waals surface area (Å²) in [5, 5.41) is 5.84. The lowest BCUT2D eigenvalue weighted by Gasteiger charge is -2.09. The van der Waals surface area contributed by atoms with Gasteiger partial charge in [0.15, 0.2) is 0 Å². The first-order valence-electron chi connectivity index (χ1n) is 6.27. The monoisotopic (exact) mass is 255 g/mol. The second-order valence-electron chi connectivity index (χ2n) is 4.09. The van der Waals surface area contributed by atoms with E-state index in [1.165, 1.54) is 0 Å². The van der Waals surface area contributed by atoms with Crippen molar-refractivity contribution < 1.29 is 4.79 Å². The zero-order valence-electron chi connectivity index (χ0n) is 11.1. The van der Waals surface area contributed by atoms with Crippen LogP contribution in [-0.2, 0) is 0 Å². The minimum Gasteiger partial charge on any atom is -0.370 e. The van der Waals surface area contributed by atoms with Crippen molar-refractivity contribution in [2.45, 2.75) is 6.92 Å². The molecule has 98 valence electrons.